The van der Waals surface area contributed by atoms with Crippen molar-refractivity contribution in [2.75, 3.05) is 5.32 Å². The molecule has 2 rings (SSSR count). The van der Waals surface area contributed by atoms with E-state index in [0.29, 0.717) is 12.1 Å². The maximum absolute atomic E-state index is 11.8. The van der Waals surface area contributed by atoms with Crippen LogP contribution in [0.2, 0.25) is 0 Å². The number of para-hydroxylation sites is 1. The smallest absolute Gasteiger partial charge is 0.228 e. The second kappa shape index (κ2) is 6.02. The summed E-state index contributed by atoms with van der Waals surface area (Å²) in [7, 11) is 0. The molecule has 0 aromatic heterocycles. The lowest BCUT2D eigenvalue weighted by molar-refractivity contribution is -0.115. The number of hydrogen-bond acceptors (Lipinski definition) is 3. The molecule has 1 amide bonds. The van der Waals surface area contributed by atoms with E-state index in [2.05, 4.69) is 5.32 Å². The Labute approximate surface area is 111 Å². The van der Waals surface area contributed by atoms with Crippen LogP contribution in [0.3, 0.4) is 0 Å². The van der Waals surface area contributed by atoms with Gasteiger partial charge < -0.3 is 16.2 Å². The van der Waals surface area contributed by atoms with Crippen LogP contribution >= 0.6 is 0 Å². The predicted molar refractivity (Wildman–Crippen MR) is 74.8 cm³/mol. The van der Waals surface area contributed by atoms with E-state index in [1.165, 1.54) is 0 Å². The standard InChI is InChI=1S/C15H16N2O2/c16-10-11-5-7-13(8-6-11)17-15(19)9-12-3-1-2-4-14(12)18/h1-8,18H,9-10,16H2,(H,17,19). The molecular weight excluding hydrogens is 240 g/mol. The van der Waals surface area contributed by atoms with Gasteiger partial charge in [0.15, 0.2) is 0 Å². The zero-order chi connectivity index (χ0) is 13.7. The monoisotopic (exact) mass is 256 g/mol. The van der Waals surface area contributed by atoms with Crippen molar-refractivity contribution in [1.82, 2.24) is 0 Å². The Hall–Kier alpha value is -2.33. The molecule has 0 aliphatic heterocycles. The molecule has 0 saturated carbocycles. The van der Waals surface area contributed by atoms with Crippen molar-refractivity contribution in [3.8, 4) is 5.75 Å². The summed E-state index contributed by atoms with van der Waals surface area (Å²) in [6.45, 7) is 0.478. The molecule has 19 heavy (non-hydrogen) atoms. The quantitative estimate of drug-likeness (QED) is 0.783. The van der Waals surface area contributed by atoms with Gasteiger partial charge in [-0.3, -0.25) is 4.79 Å². The Morgan fingerprint density at radius 1 is 1.11 bits per heavy atom. The first-order valence-corrected chi connectivity index (χ1v) is 6.05. The van der Waals surface area contributed by atoms with Gasteiger partial charge in [-0.15, -0.1) is 0 Å². The number of nitrogens with one attached hydrogen (secondary N) is 1. The van der Waals surface area contributed by atoms with E-state index in [0.717, 1.165) is 11.3 Å². The number of phenols is 1. The Kier molecular flexibility index (Phi) is 4.15. The molecule has 2 aromatic carbocycles. The lowest BCUT2D eigenvalue weighted by atomic mass is 10.1. The van der Waals surface area contributed by atoms with Crippen LogP contribution in [-0.4, -0.2) is 11.0 Å². The van der Waals surface area contributed by atoms with Crippen LogP contribution < -0.4 is 11.1 Å². The van der Waals surface area contributed by atoms with Crippen molar-refractivity contribution in [3.05, 3.63) is 59.7 Å². The number of aromatic hydroxyl groups is 1. The first-order chi connectivity index (χ1) is 9.19. The second-order valence-electron chi connectivity index (χ2n) is 4.25. The number of carbonyl (C=O) groups is 1. The van der Waals surface area contributed by atoms with Gasteiger partial charge in [0.1, 0.15) is 5.75 Å². The fourth-order valence-electron chi connectivity index (χ4n) is 1.76. The number of anilines is 1. The number of phenolic OH excluding ortho intramolecular Hbond substituents is 1. The molecule has 0 fully saturated rings. The van der Waals surface area contributed by atoms with Gasteiger partial charge in [-0.05, 0) is 23.8 Å². The van der Waals surface area contributed by atoms with Gasteiger partial charge in [-0.25, -0.2) is 0 Å². The van der Waals surface area contributed by atoms with Crippen LogP contribution in [0.15, 0.2) is 48.5 Å². The third-order valence-electron chi connectivity index (χ3n) is 2.82. The molecule has 0 unspecified atom stereocenters. The van der Waals surface area contributed by atoms with Crippen LogP contribution in [0.1, 0.15) is 11.1 Å². The van der Waals surface area contributed by atoms with Crippen LogP contribution in [-0.2, 0) is 17.8 Å². The maximum Gasteiger partial charge on any atom is 0.228 e. The summed E-state index contributed by atoms with van der Waals surface area (Å²) >= 11 is 0. The topological polar surface area (TPSA) is 75.3 Å². The molecule has 0 aliphatic rings. The molecule has 0 atom stereocenters. The zero-order valence-corrected chi connectivity index (χ0v) is 10.5. The van der Waals surface area contributed by atoms with Crippen LogP contribution in [0, 0.1) is 0 Å². The fraction of sp³-hybridized carbons (Fsp3) is 0.133. The number of benzene rings is 2. The highest BCUT2D eigenvalue weighted by atomic mass is 16.3. The van der Waals surface area contributed by atoms with Crippen molar-refractivity contribution < 1.29 is 9.90 Å². The number of rotatable bonds is 4. The van der Waals surface area contributed by atoms with Gasteiger partial charge in [0.05, 0.1) is 6.42 Å². The lowest BCUT2D eigenvalue weighted by Gasteiger charge is -2.07. The van der Waals surface area contributed by atoms with Crippen molar-refractivity contribution in [1.29, 1.82) is 0 Å². The zero-order valence-electron chi connectivity index (χ0n) is 10.5. The van der Waals surface area contributed by atoms with Crippen molar-refractivity contribution >= 4 is 11.6 Å². The van der Waals surface area contributed by atoms with E-state index in [1.807, 2.05) is 24.3 Å². The lowest BCUT2D eigenvalue weighted by Crippen LogP contribution is -2.14. The molecule has 4 heteroatoms. The van der Waals surface area contributed by atoms with E-state index in [-0.39, 0.29) is 18.1 Å². The molecular formula is C15H16N2O2. The van der Waals surface area contributed by atoms with Gasteiger partial charge >= 0.3 is 0 Å². The average molecular weight is 256 g/mol. The van der Waals surface area contributed by atoms with Gasteiger partial charge in [0.25, 0.3) is 0 Å². The molecule has 0 saturated heterocycles. The van der Waals surface area contributed by atoms with Crippen LogP contribution in [0.25, 0.3) is 0 Å². The molecule has 2 aromatic rings. The minimum absolute atomic E-state index is 0.135. The number of amides is 1. The summed E-state index contributed by atoms with van der Waals surface area (Å²) in [6, 6.07) is 14.2. The average Bonchev–Trinajstić information content (AvgIpc) is 2.42. The second-order valence-corrected chi connectivity index (χ2v) is 4.25. The predicted octanol–water partition coefficient (Wildman–Crippen LogP) is 2.03. The van der Waals surface area contributed by atoms with E-state index in [1.54, 1.807) is 24.3 Å². The molecule has 4 nitrogen and oxygen atoms in total. The molecule has 4 N–H and O–H groups in total. The summed E-state index contributed by atoms with van der Waals surface area (Å²) in [5, 5.41) is 12.4. The Bertz CT molecular complexity index is 565. The maximum atomic E-state index is 11.8. The van der Waals surface area contributed by atoms with Crippen LogP contribution in [0.5, 0.6) is 5.75 Å². The molecule has 0 heterocycles. The molecule has 0 bridgehead atoms. The Morgan fingerprint density at radius 2 is 1.79 bits per heavy atom. The van der Waals surface area contributed by atoms with Gasteiger partial charge in [-0.2, -0.15) is 0 Å². The van der Waals surface area contributed by atoms with Gasteiger partial charge in [-0.1, -0.05) is 30.3 Å². The largest absolute Gasteiger partial charge is 0.508 e. The Morgan fingerprint density at radius 3 is 2.42 bits per heavy atom. The summed E-state index contributed by atoms with van der Waals surface area (Å²) in [4.78, 5) is 11.8. The van der Waals surface area contributed by atoms with Crippen molar-refractivity contribution in [3.63, 3.8) is 0 Å². The third kappa shape index (κ3) is 3.56. The number of carbonyl (C=O) groups excluding carboxylic acids is 1. The highest BCUT2D eigenvalue weighted by Crippen LogP contribution is 2.17. The molecule has 0 aliphatic carbocycles. The van der Waals surface area contributed by atoms with Gasteiger partial charge in [0, 0.05) is 17.8 Å². The van der Waals surface area contributed by atoms with Crippen molar-refractivity contribution in [2.45, 2.75) is 13.0 Å². The number of nitrogens with two attached hydrogens (primary N) is 1. The first kappa shape index (κ1) is 13.1. The van der Waals surface area contributed by atoms with Gasteiger partial charge in [0.2, 0.25) is 5.91 Å². The highest BCUT2D eigenvalue weighted by Gasteiger charge is 2.07. The SMILES string of the molecule is NCc1ccc(NC(=O)Cc2ccccc2O)cc1. The molecule has 0 radical (unpaired) electrons. The van der Waals surface area contributed by atoms with Crippen molar-refractivity contribution in [2.24, 2.45) is 5.73 Å². The minimum atomic E-state index is -0.165. The minimum Gasteiger partial charge on any atom is -0.508 e. The van der Waals surface area contributed by atoms with Crippen LogP contribution in [0.4, 0.5) is 5.69 Å². The summed E-state index contributed by atoms with van der Waals surface area (Å²) in [5.74, 6) is -0.0295. The summed E-state index contributed by atoms with van der Waals surface area (Å²) in [6.07, 6.45) is 0.144. The number of hydrogen-bond donors (Lipinski definition) is 3. The summed E-state index contributed by atoms with van der Waals surface area (Å²) < 4.78 is 0. The summed E-state index contributed by atoms with van der Waals surface area (Å²) in [5.41, 5.74) is 7.85. The molecule has 0 spiro atoms. The van der Waals surface area contributed by atoms with E-state index >= 15 is 0 Å². The van der Waals surface area contributed by atoms with E-state index in [9.17, 15) is 9.90 Å². The Balaban J connectivity index is 1.99. The molecule has 98 valence electrons. The fourth-order valence-corrected chi connectivity index (χ4v) is 1.76. The van der Waals surface area contributed by atoms with E-state index < -0.39 is 0 Å². The highest BCUT2D eigenvalue weighted by molar-refractivity contribution is 5.92. The normalized spacial score (nSPS) is 10.2. The first-order valence-electron chi connectivity index (χ1n) is 6.05. The van der Waals surface area contributed by atoms with E-state index in [4.69, 9.17) is 5.73 Å². The third-order valence-corrected chi connectivity index (χ3v) is 2.82.